The Morgan fingerprint density at radius 3 is 2.59 bits per heavy atom. The third-order valence-electron chi connectivity index (χ3n) is 5.08. The van der Waals surface area contributed by atoms with Gasteiger partial charge in [-0.3, -0.25) is 19.3 Å². The first-order chi connectivity index (χ1) is 10.6. The molecule has 1 aromatic rings. The van der Waals surface area contributed by atoms with Crippen LogP contribution in [0.3, 0.4) is 0 Å². The van der Waals surface area contributed by atoms with Gasteiger partial charge in [-0.2, -0.15) is 5.10 Å². The highest BCUT2D eigenvalue weighted by Crippen LogP contribution is 2.23. The Morgan fingerprint density at radius 1 is 1.18 bits per heavy atom. The Kier molecular flexibility index (Phi) is 4.78. The monoisotopic (exact) mass is 305 g/mol. The lowest BCUT2D eigenvalue weighted by molar-refractivity contribution is -0.130. The van der Waals surface area contributed by atoms with E-state index in [9.17, 15) is 4.79 Å². The third kappa shape index (κ3) is 3.50. The van der Waals surface area contributed by atoms with Crippen LogP contribution in [0.2, 0.25) is 0 Å². The molecule has 2 aliphatic rings. The Balaban J connectivity index is 1.48. The average molecular weight is 305 g/mol. The van der Waals surface area contributed by atoms with Crippen molar-refractivity contribution in [1.82, 2.24) is 24.5 Å². The number of hydrogen-bond donors (Lipinski definition) is 0. The van der Waals surface area contributed by atoms with E-state index in [0.29, 0.717) is 12.0 Å². The average Bonchev–Trinajstić information content (AvgIpc) is 3.14. The number of rotatable bonds is 4. The van der Waals surface area contributed by atoms with Crippen molar-refractivity contribution in [2.75, 3.05) is 45.8 Å². The Bertz CT molecular complexity index is 481. The maximum absolute atomic E-state index is 11.4. The maximum Gasteiger partial charge on any atom is 0.219 e. The van der Waals surface area contributed by atoms with Crippen LogP contribution in [0.25, 0.3) is 0 Å². The number of carbonyl (C=O) groups excluding carboxylic acids is 1. The van der Waals surface area contributed by atoms with Crippen LogP contribution in [0.4, 0.5) is 0 Å². The highest BCUT2D eigenvalue weighted by Gasteiger charge is 2.35. The van der Waals surface area contributed by atoms with Gasteiger partial charge >= 0.3 is 0 Å². The molecule has 0 N–H and O–H groups in total. The van der Waals surface area contributed by atoms with Gasteiger partial charge in [0.05, 0.1) is 6.54 Å². The van der Waals surface area contributed by atoms with E-state index < -0.39 is 0 Å². The van der Waals surface area contributed by atoms with Crippen molar-refractivity contribution in [1.29, 1.82) is 0 Å². The van der Waals surface area contributed by atoms with Crippen LogP contribution in [0.1, 0.15) is 13.8 Å². The van der Waals surface area contributed by atoms with Crippen molar-refractivity contribution in [2.45, 2.75) is 26.4 Å². The Hall–Kier alpha value is -1.40. The van der Waals surface area contributed by atoms with Gasteiger partial charge < -0.3 is 4.90 Å². The predicted molar refractivity (Wildman–Crippen MR) is 85.4 cm³/mol. The number of piperazine rings is 1. The molecule has 1 amide bonds. The van der Waals surface area contributed by atoms with E-state index in [4.69, 9.17) is 0 Å². The fourth-order valence-electron chi connectivity index (χ4n) is 3.75. The summed E-state index contributed by atoms with van der Waals surface area (Å²) >= 11 is 0. The summed E-state index contributed by atoms with van der Waals surface area (Å²) in [5.74, 6) is 0.904. The number of hydrogen-bond acceptors (Lipinski definition) is 4. The lowest BCUT2D eigenvalue weighted by atomic mass is 10.0. The molecule has 0 saturated carbocycles. The van der Waals surface area contributed by atoms with Gasteiger partial charge in [0.1, 0.15) is 0 Å². The van der Waals surface area contributed by atoms with Crippen molar-refractivity contribution in [3.05, 3.63) is 18.5 Å². The molecule has 0 aromatic carbocycles. The molecule has 1 aromatic heterocycles. The normalized spacial score (nSPS) is 27.5. The van der Waals surface area contributed by atoms with Crippen molar-refractivity contribution in [3.8, 4) is 0 Å². The fourth-order valence-corrected chi connectivity index (χ4v) is 3.75. The fraction of sp³-hybridized carbons (Fsp3) is 0.750. The molecule has 0 unspecified atom stereocenters. The van der Waals surface area contributed by atoms with E-state index in [2.05, 4.69) is 21.8 Å². The first-order valence-corrected chi connectivity index (χ1v) is 8.33. The highest BCUT2D eigenvalue weighted by atomic mass is 16.2. The maximum atomic E-state index is 11.4. The van der Waals surface area contributed by atoms with Gasteiger partial charge in [0.15, 0.2) is 0 Å². The first kappa shape index (κ1) is 15.5. The van der Waals surface area contributed by atoms with Crippen molar-refractivity contribution in [3.63, 3.8) is 0 Å². The molecule has 3 heterocycles. The molecule has 6 nitrogen and oxygen atoms in total. The second-order valence-corrected chi connectivity index (χ2v) is 6.62. The van der Waals surface area contributed by atoms with Crippen LogP contribution >= 0.6 is 0 Å². The smallest absolute Gasteiger partial charge is 0.219 e. The van der Waals surface area contributed by atoms with Crippen LogP contribution in [0, 0.1) is 5.92 Å². The van der Waals surface area contributed by atoms with E-state index in [1.54, 1.807) is 6.92 Å². The molecule has 0 spiro atoms. The summed E-state index contributed by atoms with van der Waals surface area (Å²) < 4.78 is 2.00. The van der Waals surface area contributed by atoms with E-state index in [0.717, 1.165) is 45.8 Å². The van der Waals surface area contributed by atoms with E-state index >= 15 is 0 Å². The minimum atomic E-state index is 0.208. The molecular weight excluding hydrogens is 278 g/mol. The molecule has 0 bridgehead atoms. The van der Waals surface area contributed by atoms with Crippen LogP contribution < -0.4 is 0 Å². The number of nitrogens with zero attached hydrogens (tertiary/aromatic N) is 5. The molecule has 2 aliphatic heterocycles. The summed E-state index contributed by atoms with van der Waals surface area (Å²) in [7, 11) is 0. The molecule has 2 fully saturated rings. The van der Waals surface area contributed by atoms with Gasteiger partial charge in [-0.05, 0) is 12.0 Å². The molecule has 0 aliphatic carbocycles. The van der Waals surface area contributed by atoms with E-state index in [1.165, 1.54) is 6.54 Å². The van der Waals surface area contributed by atoms with Gasteiger partial charge in [0.2, 0.25) is 5.91 Å². The zero-order valence-electron chi connectivity index (χ0n) is 13.7. The van der Waals surface area contributed by atoms with E-state index in [-0.39, 0.29) is 5.91 Å². The van der Waals surface area contributed by atoms with Crippen LogP contribution in [0.15, 0.2) is 18.5 Å². The predicted octanol–water partition coefficient (Wildman–Crippen LogP) is 0.368. The van der Waals surface area contributed by atoms with Gasteiger partial charge in [-0.1, -0.05) is 6.92 Å². The molecular formula is C16H27N5O. The van der Waals surface area contributed by atoms with Crippen LogP contribution in [-0.4, -0.2) is 82.2 Å². The molecule has 3 rings (SSSR count). The summed E-state index contributed by atoms with van der Waals surface area (Å²) in [5.41, 5.74) is 0. The summed E-state index contributed by atoms with van der Waals surface area (Å²) in [4.78, 5) is 18.5. The first-order valence-electron chi connectivity index (χ1n) is 8.33. The summed E-state index contributed by atoms with van der Waals surface area (Å²) in [6, 6.07) is 2.61. The number of likely N-dealkylation sites (tertiary alicyclic amines) is 1. The van der Waals surface area contributed by atoms with Gasteiger partial charge in [-0.15, -0.1) is 0 Å². The number of carbonyl (C=O) groups is 1. The van der Waals surface area contributed by atoms with Gasteiger partial charge in [0.25, 0.3) is 0 Å². The van der Waals surface area contributed by atoms with Crippen LogP contribution in [0.5, 0.6) is 0 Å². The molecule has 2 saturated heterocycles. The van der Waals surface area contributed by atoms with Crippen molar-refractivity contribution < 1.29 is 4.79 Å². The SMILES string of the molecule is CC(=O)N1CCN([C@@H]2CN(CCn3cccn3)C[C@H]2C)CC1. The Labute approximate surface area is 132 Å². The molecule has 2 atom stereocenters. The standard InChI is InChI=1S/C16H27N5O/c1-14-12-18(6-11-21-5-3-4-17-21)13-16(14)20-9-7-19(8-10-20)15(2)22/h3-5,14,16H,6-13H2,1-2H3/t14-,16-/m1/s1. The highest BCUT2D eigenvalue weighted by molar-refractivity contribution is 5.73. The minimum Gasteiger partial charge on any atom is -0.340 e. The minimum absolute atomic E-state index is 0.208. The van der Waals surface area contributed by atoms with Crippen molar-refractivity contribution in [2.24, 2.45) is 5.92 Å². The summed E-state index contributed by atoms with van der Waals surface area (Å²) in [6.07, 6.45) is 3.86. The molecule has 22 heavy (non-hydrogen) atoms. The second-order valence-electron chi connectivity index (χ2n) is 6.62. The van der Waals surface area contributed by atoms with Crippen molar-refractivity contribution >= 4 is 5.91 Å². The van der Waals surface area contributed by atoms with E-state index in [1.807, 2.05) is 28.0 Å². The lowest BCUT2D eigenvalue weighted by Crippen LogP contribution is -2.53. The lowest BCUT2D eigenvalue weighted by Gasteiger charge is -2.39. The summed E-state index contributed by atoms with van der Waals surface area (Å²) in [6.45, 7) is 12.2. The number of amides is 1. The number of aromatic nitrogens is 2. The Morgan fingerprint density at radius 2 is 1.95 bits per heavy atom. The van der Waals surface area contributed by atoms with Gasteiger partial charge in [-0.25, -0.2) is 0 Å². The zero-order chi connectivity index (χ0) is 15.5. The molecule has 6 heteroatoms. The second kappa shape index (κ2) is 6.79. The molecule has 122 valence electrons. The quantitative estimate of drug-likeness (QED) is 0.806. The summed E-state index contributed by atoms with van der Waals surface area (Å²) in [5, 5.41) is 4.27. The third-order valence-corrected chi connectivity index (χ3v) is 5.08. The topological polar surface area (TPSA) is 44.6 Å². The zero-order valence-corrected chi connectivity index (χ0v) is 13.7. The van der Waals surface area contributed by atoms with Crippen LogP contribution in [-0.2, 0) is 11.3 Å². The van der Waals surface area contributed by atoms with Gasteiger partial charge in [0, 0.05) is 71.2 Å². The largest absolute Gasteiger partial charge is 0.340 e. The molecule has 0 radical (unpaired) electrons.